The molecule has 0 saturated carbocycles. The third-order valence-corrected chi connectivity index (χ3v) is 4.66. The molecule has 1 N–H and O–H groups in total. The molecule has 1 rings (SSSR count). The molecule has 0 bridgehead atoms. The first-order valence-electron chi connectivity index (χ1n) is 7.69. The van der Waals surface area contributed by atoms with E-state index in [1.165, 1.54) is 0 Å². The van der Waals surface area contributed by atoms with Crippen LogP contribution in [-0.4, -0.2) is 47.4 Å². The zero-order valence-corrected chi connectivity index (χ0v) is 14.2. The Labute approximate surface area is 125 Å². The van der Waals surface area contributed by atoms with Crippen molar-refractivity contribution in [3.63, 3.8) is 0 Å². The van der Waals surface area contributed by atoms with Gasteiger partial charge in [0.2, 0.25) is 0 Å². The van der Waals surface area contributed by atoms with Gasteiger partial charge in [0.25, 0.3) is 0 Å². The minimum Gasteiger partial charge on any atom is -0.391 e. The van der Waals surface area contributed by atoms with E-state index in [0.29, 0.717) is 19.1 Å². The zero-order chi connectivity index (χ0) is 15.6. The molecule has 0 aromatic heterocycles. The number of hydrogen-bond donors (Lipinski definition) is 1. The molecule has 0 aromatic carbocycles. The summed E-state index contributed by atoms with van der Waals surface area (Å²) in [5.74, 6) is 0.555. The number of aliphatic hydroxyl groups excluding tert-OH is 1. The maximum atomic E-state index is 10.2. The summed E-state index contributed by atoms with van der Waals surface area (Å²) in [4.78, 5) is 2.47. The molecule has 3 heteroatoms. The van der Waals surface area contributed by atoms with Crippen molar-refractivity contribution in [3.8, 4) is 0 Å². The van der Waals surface area contributed by atoms with E-state index in [1.54, 1.807) is 0 Å². The molecular weight excluding hydrogens is 250 g/mol. The van der Waals surface area contributed by atoms with Crippen LogP contribution in [0.15, 0.2) is 12.2 Å². The average Bonchev–Trinajstić information content (AvgIpc) is 2.24. The molecule has 1 atom stereocenters. The Kier molecular flexibility index (Phi) is 5.82. The van der Waals surface area contributed by atoms with Crippen LogP contribution in [-0.2, 0) is 4.74 Å². The molecule has 0 radical (unpaired) electrons. The van der Waals surface area contributed by atoms with Gasteiger partial charge in [0.1, 0.15) is 0 Å². The smallest absolute Gasteiger partial charge is 0.0776 e. The summed E-state index contributed by atoms with van der Waals surface area (Å²) in [5, 5.41) is 10.2. The Morgan fingerprint density at radius 2 is 1.80 bits per heavy atom. The van der Waals surface area contributed by atoms with Crippen molar-refractivity contribution in [1.29, 1.82) is 0 Å². The van der Waals surface area contributed by atoms with Gasteiger partial charge >= 0.3 is 0 Å². The lowest BCUT2D eigenvalue weighted by Gasteiger charge is -2.54. The molecular formula is C17H33NO2. The van der Waals surface area contributed by atoms with E-state index in [0.717, 1.165) is 24.8 Å². The fourth-order valence-electron chi connectivity index (χ4n) is 3.57. The highest BCUT2D eigenvalue weighted by Crippen LogP contribution is 2.41. The first-order valence-corrected chi connectivity index (χ1v) is 7.69. The predicted molar refractivity (Wildman–Crippen MR) is 84.9 cm³/mol. The number of rotatable bonds is 6. The third kappa shape index (κ3) is 4.87. The maximum absolute atomic E-state index is 10.2. The van der Waals surface area contributed by atoms with Crippen molar-refractivity contribution in [3.05, 3.63) is 12.2 Å². The minimum absolute atomic E-state index is 0.185. The van der Waals surface area contributed by atoms with Crippen LogP contribution in [0.2, 0.25) is 0 Å². The van der Waals surface area contributed by atoms with Crippen LogP contribution < -0.4 is 0 Å². The highest BCUT2D eigenvalue weighted by molar-refractivity contribution is 4.98. The number of nitrogens with zero attached hydrogens (tertiary/aromatic N) is 1. The summed E-state index contributed by atoms with van der Waals surface area (Å²) < 4.78 is 5.46. The zero-order valence-electron chi connectivity index (χ0n) is 14.2. The largest absolute Gasteiger partial charge is 0.391 e. The van der Waals surface area contributed by atoms with Crippen molar-refractivity contribution in [2.75, 3.05) is 20.3 Å². The van der Waals surface area contributed by atoms with Crippen LogP contribution in [0.25, 0.3) is 0 Å². The van der Waals surface area contributed by atoms with Crippen LogP contribution in [0, 0.1) is 5.92 Å². The summed E-state index contributed by atoms with van der Waals surface area (Å²) in [7, 11) is 2.21. The fourth-order valence-corrected chi connectivity index (χ4v) is 3.57. The van der Waals surface area contributed by atoms with Crippen LogP contribution in [0.5, 0.6) is 0 Å². The van der Waals surface area contributed by atoms with Gasteiger partial charge in [0.15, 0.2) is 0 Å². The molecule has 1 aliphatic rings. The Morgan fingerprint density at radius 3 is 2.25 bits per heavy atom. The molecule has 1 heterocycles. The highest BCUT2D eigenvalue weighted by Gasteiger charge is 2.43. The van der Waals surface area contributed by atoms with Crippen molar-refractivity contribution < 1.29 is 9.84 Å². The van der Waals surface area contributed by atoms with Crippen LogP contribution >= 0.6 is 0 Å². The van der Waals surface area contributed by atoms with E-state index in [4.69, 9.17) is 4.74 Å². The molecule has 118 valence electrons. The Balaban J connectivity index is 2.49. The van der Waals surface area contributed by atoms with Crippen LogP contribution in [0.3, 0.4) is 0 Å². The molecule has 0 aliphatic carbocycles. The summed E-state index contributed by atoms with van der Waals surface area (Å²) in [6, 6.07) is 0. The van der Waals surface area contributed by atoms with E-state index in [2.05, 4.69) is 46.2 Å². The fraction of sp³-hybridized carbons (Fsp3) is 0.882. The normalized spacial score (nSPS) is 24.6. The van der Waals surface area contributed by atoms with Gasteiger partial charge in [-0.2, -0.15) is 0 Å². The lowest BCUT2D eigenvalue weighted by Crippen LogP contribution is -2.58. The van der Waals surface area contributed by atoms with E-state index in [1.807, 2.05) is 6.92 Å². The molecule has 1 unspecified atom stereocenters. The lowest BCUT2D eigenvalue weighted by molar-refractivity contribution is -0.0477. The molecule has 1 fully saturated rings. The van der Waals surface area contributed by atoms with Crippen molar-refractivity contribution in [2.45, 2.75) is 71.1 Å². The van der Waals surface area contributed by atoms with E-state index < -0.39 is 0 Å². The van der Waals surface area contributed by atoms with Gasteiger partial charge < -0.3 is 9.84 Å². The summed E-state index contributed by atoms with van der Waals surface area (Å²) in [5.41, 5.74) is 1.37. The standard InChI is InChI=1S/C17H33NO2/c1-13(2)11-20-12-15(19)8-14-9-16(3,4)18(7)17(5,6)10-14/h14-15,19H,1,8-12H2,2-7H3. The van der Waals surface area contributed by atoms with Crippen molar-refractivity contribution in [2.24, 2.45) is 5.92 Å². The second-order valence-electron chi connectivity index (χ2n) is 7.82. The molecule has 20 heavy (non-hydrogen) atoms. The van der Waals surface area contributed by atoms with E-state index in [9.17, 15) is 5.11 Å². The Hall–Kier alpha value is -0.380. The molecule has 0 aromatic rings. The van der Waals surface area contributed by atoms with Gasteiger partial charge in [0.05, 0.1) is 19.3 Å². The van der Waals surface area contributed by atoms with Gasteiger partial charge in [-0.25, -0.2) is 0 Å². The number of ether oxygens (including phenoxy) is 1. The van der Waals surface area contributed by atoms with Crippen LogP contribution in [0.4, 0.5) is 0 Å². The SMILES string of the molecule is C=C(C)COCC(O)CC1CC(C)(C)N(C)C(C)(C)C1. The number of aliphatic hydroxyl groups is 1. The van der Waals surface area contributed by atoms with E-state index >= 15 is 0 Å². The van der Waals surface area contributed by atoms with Crippen LogP contribution in [0.1, 0.15) is 53.9 Å². The number of likely N-dealkylation sites (tertiary alicyclic amines) is 1. The third-order valence-electron chi connectivity index (χ3n) is 4.66. The molecule has 0 amide bonds. The first kappa shape index (κ1) is 17.7. The summed E-state index contributed by atoms with van der Waals surface area (Å²) in [6.07, 6.45) is 2.72. The van der Waals surface area contributed by atoms with Gasteiger partial charge in [-0.05, 0) is 66.8 Å². The monoisotopic (exact) mass is 283 g/mol. The predicted octanol–water partition coefficient (Wildman–Crippen LogP) is 3.23. The Bertz CT molecular complexity index is 318. The molecule has 0 spiro atoms. The summed E-state index contributed by atoms with van der Waals surface area (Å²) in [6.45, 7) is 15.9. The Morgan fingerprint density at radius 1 is 1.30 bits per heavy atom. The number of piperidine rings is 1. The highest BCUT2D eigenvalue weighted by atomic mass is 16.5. The quantitative estimate of drug-likeness (QED) is 0.760. The van der Waals surface area contributed by atoms with Gasteiger partial charge in [0, 0.05) is 11.1 Å². The average molecular weight is 283 g/mol. The van der Waals surface area contributed by atoms with Gasteiger partial charge in [-0.15, -0.1) is 0 Å². The topological polar surface area (TPSA) is 32.7 Å². The molecule has 1 aliphatic heterocycles. The lowest BCUT2D eigenvalue weighted by atomic mass is 9.72. The van der Waals surface area contributed by atoms with E-state index in [-0.39, 0.29) is 17.2 Å². The molecule has 1 saturated heterocycles. The second-order valence-corrected chi connectivity index (χ2v) is 7.82. The molecule has 3 nitrogen and oxygen atoms in total. The summed E-state index contributed by atoms with van der Waals surface area (Å²) >= 11 is 0. The minimum atomic E-state index is -0.366. The van der Waals surface area contributed by atoms with Crippen molar-refractivity contribution >= 4 is 0 Å². The van der Waals surface area contributed by atoms with Crippen molar-refractivity contribution in [1.82, 2.24) is 4.90 Å². The first-order chi connectivity index (χ1) is 9.04. The number of hydrogen-bond acceptors (Lipinski definition) is 3. The maximum Gasteiger partial charge on any atom is 0.0776 e. The van der Waals surface area contributed by atoms with Gasteiger partial charge in [-0.3, -0.25) is 4.90 Å². The van der Waals surface area contributed by atoms with Gasteiger partial charge in [-0.1, -0.05) is 12.2 Å². The second kappa shape index (κ2) is 6.59.